The Balaban J connectivity index is 0.00000210. The number of fused-ring (bicyclic) bond motifs is 1. The monoisotopic (exact) mass is 594 g/mol. The molecule has 4 aromatic rings. The second-order valence-electron chi connectivity index (χ2n) is 9.09. The fourth-order valence-corrected chi connectivity index (χ4v) is 4.66. The van der Waals surface area contributed by atoms with E-state index in [9.17, 15) is 4.39 Å². The number of rotatable bonds is 8. The first-order valence-electron chi connectivity index (χ1n) is 12.2. The van der Waals surface area contributed by atoms with E-state index in [1.807, 2.05) is 18.2 Å². The van der Waals surface area contributed by atoms with Crippen LogP contribution in [0.3, 0.4) is 0 Å². The Hall–Kier alpha value is -3.04. The summed E-state index contributed by atoms with van der Waals surface area (Å²) in [6.07, 6.45) is 5.28. The number of halogens is 4. The first-order valence-corrected chi connectivity index (χ1v) is 12.5. The number of nitrogens with zero attached hydrogens (tertiary/aromatic N) is 2. The molecule has 1 heterocycles. The van der Waals surface area contributed by atoms with Gasteiger partial charge in [0, 0.05) is 23.2 Å². The van der Waals surface area contributed by atoms with Crippen molar-refractivity contribution in [2.45, 2.75) is 44.4 Å². The van der Waals surface area contributed by atoms with Gasteiger partial charge >= 0.3 is 0 Å². The second-order valence-corrected chi connectivity index (χ2v) is 9.49. The van der Waals surface area contributed by atoms with Crippen molar-refractivity contribution in [3.8, 4) is 17.2 Å². The third-order valence-electron chi connectivity index (χ3n) is 6.41. The molecule has 0 aliphatic heterocycles. The summed E-state index contributed by atoms with van der Waals surface area (Å²) in [6, 6.07) is 15.6. The Morgan fingerprint density at radius 1 is 0.974 bits per heavy atom. The highest BCUT2D eigenvalue weighted by atomic mass is 35.5. The predicted octanol–water partition coefficient (Wildman–Crippen LogP) is 7.25. The molecule has 11 heteroatoms. The number of methoxy groups -OCH3 is 1. The van der Waals surface area contributed by atoms with Crippen molar-refractivity contribution < 1.29 is 18.6 Å². The maximum atomic E-state index is 13.4. The van der Waals surface area contributed by atoms with Crippen molar-refractivity contribution in [2.75, 3.05) is 12.4 Å². The molecule has 1 fully saturated rings. The molecule has 0 radical (unpaired) electrons. The van der Waals surface area contributed by atoms with Crippen LogP contribution in [-0.2, 0) is 6.61 Å². The largest absolute Gasteiger partial charge is 0.493 e. The molecule has 5 rings (SSSR count). The minimum Gasteiger partial charge on any atom is -0.493 e. The van der Waals surface area contributed by atoms with Crippen molar-refractivity contribution in [1.29, 1.82) is 0 Å². The maximum absolute atomic E-state index is 13.4. The highest BCUT2D eigenvalue weighted by Crippen LogP contribution is 2.37. The third kappa shape index (κ3) is 7.54. The summed E-state index contributed by atoms with van der Waals surface area (Å²) in [5.41, 5.74) is 8.21. The fraction of sp³-hybridized carbons (Fsp3) is 0.286. The van der Waals surface area contributed by atoms with Gasteiger partial charge in [-0.05, 0) is 67.6 Å². The lowest BCUT2D eigenvalue weighted by Crippen LogP contribution is -2.31. The predicted molar refractivity (Wildman–Crippen MR) is 157 cm³/mol. The molecule has 1 saturated carbocycles. The lowest BCUT2D eigenvalue weighted by Gasteiger charge is -2.27. The molecule has 1 aliphatic rings. The fourth-order valence-electron chi connectivity index (χ4n) is 4.42. The smallest absolute Gasteiger partial charge is 0.162 e. The van der Waals surface area contributed by atoms with E-state index in [2.05, 4.69) is 15.3 Å². The van der Waals surface area contributed by atoms with Crippen molar-refractivity contribution in [3.63, 3.8) is 0 Å². The summed E-state index contributed by atoms with van der Waals surface area (Å²) < 4.78 is 31.1. The van der Waals surface area contributed by atoms with Gasteiger partial charge in [-0.1, -0.05) is 23.7 Å². The normalized spacial score (nSPS) is 16.5. The number of hydrogen-bond donors (Lipinski definition) is 2. The zero-order chi connectivity index (χ0) is 25.8. The van der Waals surface area contributed by atoms with Crippen LogP contribution in [0.25, 0.3) is 10.9 Å². The summed E-state index contributed by atoms with van der Waals surface area (Å²) in [6.45, 7) is 0.207. The van der Waals surface area contributed by atoms with Crippen LogP contribution in [0.1, 0.15) is 31.2 Å². The van der Waals surface area contributed by atoms with Crippen LogP contribution in [0.2, 0.25) is 5.02 Å². The van der Waals surface area contributed by atoms with E-state index >= 15 is 0 Å². The lowest BCUT2D eigenvalue weighted by atomic mass is 9.94. The zero-order valence-electron chi connectivity index (χ0n) is 21.2. The molecule has 1 aromatic heterocycles. The van der Waals surface area contributed by atoms with E-state index < -0.39 is 0 Å². The van der Waals surface area contributed by atoms with Gasteiger partial charge < -0.3 is 25.3 Å². The molecule has 7 nitrogen and oxygen atoms in total. The van der Waals surface area contributed by atoms with Gasteiger partial charge in [-0.15, -0.1) is 24.8 Å². The zero-order valence-corrected chi connectivity index (χ0v) is 23.6. The first-order chi connectivity index (χ1) is 18.0. The molecule has 0 amide bonds. The van der Waals surface area contributed by atoms with Crippen molar-refractivity contribution >= 4 is 58.8 Å². The molecule has 208 valence electrons. The minimum atomic E-state index is -0.307. The standard InChI is InChI=1S/C28H28ClFN4O3.2ClH/c1-35-26-14-24-22(13-27(26)37-21-8-5-19(31)6-9-21)28(33-16-32-24)34-20-7-10-25(23(29)12-20)36-15-17-3-2-4-18(30)11-17;;/h2-4,7,10-14,16,19,21H,5-6,8-9,15,31H2,1H3,(H,32,33,34);2*1H. The SMILES string of the molecule is COc1cc2ncnc(Nc3ccc(OCc4cccc(F)c4)c(Cl)c3)c2cc1OC1CCC(N)CC1.Cl.Cl. The Morgan fingerprint density at radius 3 is 2.49 bits per heavy atom. The molecule has 0 spiro atoms. The summed E-state index contributed by atoms with van der Waals surface area (Å²) in [7, 11) is 1.62. The van der Waals surface area contributed by atoms with Crippen LogP contribution in [-0.4, -0.2) is 29.2 Å². The maximum Gasteiger partial charge on any atom is 0.162 e. The van der Waals surface area contributed by atoms with Crippen LogP contribution in [0.15, 0.2) is 60.9 Å². The molecule has 0 atom stereocenters. The van der Waals surface area contributed by atoms with E-state index in [1.54, 1.807) is 31.4 Å². The van der Waals surface area contributed by atoms with Gasteiger partial charge in [0.2, 0.25) is 0 Å². The number of nitrogens with two attached hydrogens (primary N) is 1. The number of nitrogens with one attached hydrogen (secondary N) is 1. The average Bonchev–Trinajstić information content (AvgIpc) is 2.89. The van der Waals surface area contributed by atoms with Gasteiger partial charge in [-0.3, -0.25) is 0 Å². The summed E-state index contributed by atoms with van der Waals surface area (Å²) >= 11 is 6.48. The molecule has 0 unspecified atom stereocenters. The quantitative estimate of drug-likeness (QED) is 0.222. The van der Waals surface area contributed by atoms with Crippen molar-refractivity contribution in [2.24, 2.45) is 5.73 Å². The van der Waals surface area contributed by atoms with E-state index in [4.69, 9.17) is 31.5 Å². The van der Waals surface area contributed by atoms with E-state index in [0.29, 0.717) is 33.6 Å². The Labute approximate surface area is 244 Å². The summed E-state index contributed by atoms with van der Waals surface area (Å²) in [4.78, 5) is 8.85. The Morgan fingerprint density at radius 2 is 1.77 bits per heavy atom. The summed E-state index contributed by atoms with van der Waals surface area (Å²) in [5.74, 6) is 2.06. The van der Waals surface area contributed by atoms with Crippen LogP contribution in [0.5, 0.6) is 17.2 Å². The molecule has 1 aliphatic carbocycles. The Kier molecular flexibility index (Phi) is 10.8. The topological polar surface area (TPSA) is 91.5 Å². The number of benzene rings is 3. The second kappa shape index (κ2) is 13.8. The molecule has 39 heavy (non-hydrogen) atoms. The van der Waals surface area contributed by atoms with Gasteiger partial charge in [-0.25, -0.2) is 14.4 Å². The number of aromatic nitrogens is 2. The van der Waals surface area contributed by atoms with Crippen LogP contribution < -0.4 is 25.3 Å². The van der Waals surface area contributed by atoms with Crippen LogP contribution >= 0.6 is 36.4 Å². The van der Waals surface area contributed by atoms with Gasteiger partial charge in [-0.2, -0.15) is 0 Å². The van der Waals surface area contributed by atoms with Crippen molar-refractivity contribution in [1.82, 2.24) is 9.97 Å². The van der Waals surface area contributed by atoms with Crippen LogP contribution in [0.4, 0.5) is 15.9 Å². The highest BCUT2D eigenvalue weighted by molar-refractivity contribution is 6.32. The van der Waals surface area contributed by atoms with Gasteiger partial charge in [0.25, 0.3) is 0 Å². The summed E-state index contributed by atoms with van der Waals surface area (Å²) in [5, 5.41) is 4.52. The average molecular weight is 596 g/mol. The molecular weight excluding hydrogens is 566 g/mol. The van der Waals surface area contributed by atoms with Crippen molar-refractivity contribution in [3.05, 3.63) is 77.3 Å². The number of anilines is 2. The molecular formula is C28H30Cl3FN4O3. The van der Waals surface area contributed by atoms with E-state index in [-0.39, 0.29) is 49.4 Å². The van der Waals surface area contributed by atoms with E-state index in [0.717, 1.165) is 42.3 Å². The van der Waals surface area contributed by atoms with Crippen LogP contribution in [0, 0.1) is 5.82 Å². The van der Waals surface area contributed by atoms with E-state index in [1.165, 1.54) is 18.5 Å². The minimum absolute atomic E-state index is 0. The molecule has 3 N–H and O–H groups in total. The lowest BCUT2D eigenvalue weighted by molar-refractivity contribution is 0.142. The number of hydrogen-bond acceptors (Lipinski definition) is 7. The first kappa shape index (κ1) is 30.5. The molecule has 3 aromatic carbocycles. The molecule has 0 bridgehead atoms. The Bertz CT molecular complexity index is 1400. The number of ether oxygens (including phenoxy) is 3. The van der Waals surface area contributed by atoms with Gasteiger partial charge in [0.15, 0.2) is 11.5 Å². The van der Waals surface area contributed by atoms with Gasteiger partial charge in [0.1, 0.15) is 30.3 Å². The third-order valence-corrected chi connectivity index (χ3v) is 6.71. The molecule has 0 saturated heterocycles. The van der Waals surface area contributed by atoms with Gasteiger partial charge in [0.05, 0.1) is 23.8 Å². The highest BCUT2D eigenvalue weighted by Gasteiger charge is 2.22.